The molecule has 7 nitrogen and oxygen atoms in total. The van der Waals surface area contributed by atoms with Gasteiger partial charge in [-0.15, -0.1) is 5.10 Å². The fraction of sp³-hybridized carbons (Fsp3) is 0.333. The first-order valence-corrected chi connectivity index (χ1v) is 9.19. The summed E-state index contributed by atoms with van der Waals surface area (Å²) in [5.41, 5.74) is 0.0897. The van der Waals surface area contributed by atoms with Crippen LogP contribution in [0.15, 0.2) is 24.5 Å². The topological polar surface area (TPSA) is 79.7 Å². The number of Topliss-reactive ketones (excluding diaryl/α,β-unsaturated/α-hetero) is 1. The maximum atomic E-state index is 13.9. The smallest absolute Gasteiger partial charge is 0.362 e. The number of hydrogen-bond donors (Lipinski definition) is 1. The number of fused-ring (bicyclic) bond motifs is 1. The van der Waals surface area contributed by atoms with Crippen LogP contribution in [0.3, 0.4) is 0 Å². The zero-order chi connectivity index (χ0) is 20.9. The number of anilines is 1. The number of H-pyrrole nitrogens is 1. The average Bonchev–Trinajstić information content (AvgIpc) is 3.29. The highest BCUT2D eigenvalue weighted by Gasteiger charge is 2.41. The van der Waals surface area contributed by atoms with Gasteiger partial charge in [-0.05, 0) is 26.0 Å². The molecule has 29 heavy (non-hydrogen) atoms. The summed E-state index contributed by atoms with van der Waals surface area (Å²) in [6.45, 7) is 3.23. The lowest BCUT2D eigenvalue weighted by atomic mass is 9.99. The molecule has 0 fully saturated rings. The molecule has 2 aromatic heterocycles. The van der Waals surface area contributed by atoms with Crippen LogP contribution in [0, 0.1) is 0 Å². The molecular formula is C18H16ClF3N6O. The molecule has 11 heteroatoms. The summed E-state index contributed by atoms with van der Waals surface area (Å²) in [5.74, 6) is -0.0355. The monoisotopic (exact) mass is 424 g/mol. The van der Waals surface area contributed by atoms with Gasteiger partial charge in [0.1, 0.15) is 5.69 Å². The summed E-state index contributed by atoms with van der Waals surface area (Å²) in [6, 6.07) is 2.14. The molecule has 0 radical (unpaired) electrons. The van der Waals surface area contributed by atoms with Crippen molar-refractivity contribution in [3.63, 3.8) is 0 Å². The summed E-state index contributed by atoms with van der Waals surface area (Å²) in [4.78, 5) is 20.4. The number of nitrogens with one attached hydrogen (secondary N) is 1. The molecule has 3 heterocycles. The number of alkyl halides is 3. The Balaban J connectivity index is 1.79. The Morgan fingerprint density at radius 1 is 1.34 bits per heavy atom. The van der Waals surface area contributed by atoms with E-state index in [1.165, 1.54) is 19.1 Å². The Hall–Kier alpha value is -2.88. The third kappa shape index (κ3) is 3.17. The minimum atomic E-state index is -4.72. The Labute approximate surface area is 168 Å². The van der Waals surface area contributed by atoms with Crippen molar-refractivity contribution in [3.8, 4) is 5.95 Å². The molecule has 3 aromatic rings. The predicted octanol–water partition coefficient (Wildman–Crippen LogP) is 3.99. The Bertz CT molecular complexity index is 1080. The van der Waals surface area contributed by atoms with Crippen LogP contribution < -0.4 is 4.90 Å². The number of aromatic amines is 1. The number of halogens is 4. The van der Waals surface area contributed by atoms with Crippen molar-refractivity contribution < 1.29 is 18.0 Å². The van der Waals surface area contributed by atoms with E-state index in [0.29, 0.717) is 24.6 Å². The number of aromatic nitrogens is 5. The van der Waals surface area contributed by atoms with Crippen LogP contribution in [0.1, 0.15) is 47.2 Å². The Kier molecular flexibility index (Phi) is 4.60. The van der Waals surface area contributed by atoms with Crippen LogP contribution in [0.25, 0.3) is 5.95 Å². The molecule has 1 unspecified atom stereocenters. The number of benzene rings is 1. The van der Waals surface area contributed by atoms with E-state index in [0.717, 1.165) is 5.69 Å². The van der Waals surface area contributed by atoms with Crippen LogP contribution in [-0.2, 0) is 12.6 Å². The fourth-order valence-corrected chi connectivity index (χ4v) is 4.06. The molecule has 0 aliphatic carbocycles. The van der Waals surface area contributed by atoms with Gasteiger partial charge in [-0.25, -0.2) is 4.98 Å². The van der Waals surface area contributed by atoms with Crippen molar-refractivity contribution in [3.05, 3.63) is 52.1 Å². The molecule has 0 saturated carbocycles. The van der Waals surface area contributed by atoms with Crippen LogP contribution in [-0.4, -0.2) is 37.3 Å². The number of hydrogen-bond acceptors (Lipinski definition) is 5. The van der Waals surface area contributed by atoms with Crippen LogP contribution in [0.5, 0.6) is 0 Å². The lowest BCUT2D eigenvalue weighted by Crippen LogP contribution is -2.36. The van der Waals surface area contributed by atoms with Crippen molar-refractivity contribution in [2.75, 3.05) is 11.4 Å². The number of rotatable bonds is 3. The van der Waals surface area contributed by atoms with Gasteiger partial charge in [0.15, 0.2) is 5.78 Å². The molecule has 0 saturated heterocycles. The number of imidazole rings is 1. The minimum absolute atomic E-state index is 0.0850. The highest BCUT2D eigenvalue weighted by molar-refractivity contribution is 6.35. The normalized spacial score (nSPS) is 16.8. The van der Waals surface area contributed by atoms with E-state index in [9.17, 15) is 18.0 Å². The Morgan fingerprint density at radius 3 is 2.72 bits per heavy atom. The van der Waals surface area contributed by atoms with Gasteiger partial charge >= 0.3 is 6.18 Å². The highest BCUT2D eigenvalue weighted by atomic mass is 35.5. The van der Waals surface area contributed by atoms with Crippen LogP contribution >= 0.6 is 11.6 Å². The van der Waals surface area contributed by atoms with E-state index >= 15 is 0 Å². The van der Waals surface area contributed by atoms with Crippen molar-refractivity contribution in [2.45, 2.75) is 32.5 Å². The summed E-state index contributed by atoms with van der Waals surface area (Å²) in [5, 5.41) is 7.69. The predicted molar refractivity (Wildman–Crippen MR) is 99.4 cm³/mol. The molecule has 0 amide bonds. The summed E-state index contributed by atoms with van der Waals surface area (Å²) in [6.07, 6.45) is -1.08. The van der Waals surface area contributed by atoms with Crippen LogP contribution in [0.4, 0.5) is 18.9 Å². The lowest BCUT2D eigenvalue weighted by Gasteiger charge is -2.36. The van der Waals surface area contributed by atoms with E-state index in [4.69, 9.17) is 11.6 Å². The average molecular weight is 425 g/mol. The van der Waals surface area contributed by atoms with Gasteiger partial charge in [-0.1, -0.05) is 16.8 Å². The third-order valence-corrected chi connectivity index (χ3v) is 5.42. The molecule has 0 bridgehead atoms. The summed E-state index contributed by atoms with van der Waals surface area (Å²) >= 11 is 6.02. The molecule has 152 valence electrons. The van der Waals surface area contributed by atoms with E-state index in [1.807, 2.05) is 0 Å². The highest BCUT2D eigenvalue weighted by Crippen LogP contribution is 2.45. The minimum Gasteiger partial charge on any atom is -0.362 e. The van der Waals surface area contributed by atoms with Crippen molar-refractivity contribution in [2.24, 2.45) is 0 Å². The molecule has 1 aliphatic heterocycles. The molecule has 4 rings (SSSR count). The molecule has 1 aliphatic rings. The van der Waals surface area contributed by atoms with Gasteiger partial charge in [0.25, 0.3) is 0 Å². The van der Waals surface area contributed by atoms with Crippen molar-refractivity contribution in [1.82, 2.24) is 25.0 Å². The lowest BCUT2D eigenvalue weighted by molar-refractivity contribution is -0.137. The SMILES string of the molecule is CC(=O)c1ccc(N2CCc3c(nnn3-c3ncc[nH]3)C2C)c(C(F)(F)F)c1Cl. The van der Waals surface area contributed by atoms with Gasteiger partial charge in [0.05, 0.1) is 28.0 Å². The van der Waals surface area contributed by atoms with Crippen LogP contribution in [0.2, 0.25) is 5.02 Å². The second-order valence-electron chi connectivity index (χ2n) is 6.74. The second-order valence-corrected chi connectivity index (χ2v) is 7.12. The molecule has 1 aromatic carbocycles. The summed E-state index contributed by atoms with van der Waals surface area (Å²) in [7, 11) is 0. The van der Waals surface area contributed by atoms with E-state index in [2.05, 4.69) is 20.3 Å². The number of carbonyl (C=O) groups is 1. The van der Waals surface area contributed by atoms with E-state index in [1.54, 1.807) is 28.9 Å². The first-order valence-electron chi connectivity index (χ1n) is 8.81. The second kappa shape index (κ2) is 6.87. The fourth-order valence-electron chi connectivity index (χ4n) is 3.66. The molecule has 0 spiro atoms. The van der Waals surface area contributed by atoms with Gasteiger partial charge in [-0.3, -0.25) is 4.79 Å². The van der Waals surface area contributed by atoms with Crippen molar-refractivity contribution in [1.29, 1.82) is 0 Å². The first kappa shape index (κ1) is 19.4. The zero-order valence-electron chi connectivity index (χ0n) is 15.5. The standard InChI is InChI=1S/C18H16ClF3N6O/c1-9-16-13(28(26-25-16)17-23-6-7-24-17)5-8-27(9)12-4-3-11(10(2)29)15(19)14(12)18(20,21)22/h3-4,6-7,9H,5,8H2,1-2H3,(H,23,24). The largest absolute Gasteiger partial charge is 0.419 e. The molecule has 1 atom stereocenters. The molecular weight excluding hydrogens is 409 g/mol. The van der Waals surface area contributed by atoms with E-state index < -0.39 is 28.6 Å². The number of ketones is 1. The first-order chi connectivity index (χ1) is 13.7. The Morgan fingerprint density at radius 2 is 2.10 bits per heavy atom. The van der Waals surface area contributed by atoms with Gasteiger partial charge in [0.2, 0.25) is 5.95 Å². The quantitative estimate of drug-likeness (QED) is 0.643. The number of nitrogens with zero attached hydrogens (tertiary/aromatic N) is 5. The zero-order valence-corrected chi connectivity index (χ0v) is 16.2. The van der Waals surface area contributed by atoms with Gasteiger partial charge < -0.3 is 9.88 Å². The summed E-state index contributed by atoms with van der Waals surface area (Å²) < 4.78 is 43.1. The maximum Gasteiger partial charge on any atom is 0.419 e. The molecule has 1 N–H and O–H groups in total. The maximum absolute atomic E-state index is 13.9. The van der Waals surface area contributed by atoms with E-state index in [-0.39, 0.29) is 11.3 Å². The van der Waals surface area contributed by atoms with Gasteiger partial charge in [0, 0.05) is 30.9 Å². The third-order valence-electron chi connectivity index (χ3n) is 5.02. The number of carbonyl (C=O) groups excluding carboxylic acids is 1. The van der Waals surface area contributed by atoms with Gasteiger partial charge in [-0.2, -0.15) is 17.9 Å². The van der Waals surface area contributed by atoms with Crippen molar-refractivity contribution >= 4 is 23.1 Å².